The lowest BCUT2D eigenvalue weighted by atomic mass is 9.93. The van der Waals surface area contributed by atoms with Crippen molar-refractivity contribution in [3.63, 3.8) is 0 Å². The summed E-state index contributed by atoms with van der Waals surface area (Å²) < 4.78 is 5.43. The molecular weight excluding hydrogens is 350 g/mol. The molecule has 1 aliphatic rings. The summed E-state index contributed by atoms with van der Waals surface area (Å²) in [5.74, 6) is -0.663. The van der Waals surface area contributed by atoms with Gasteiger partial charge in [0, 0.05) is 41.3 Å². The number of nitrogens with zero attached hydrogens (tertiary/aromatic N) is 2. The number of ether oxygens (including phenoxy) is 1. The van der Waals surface area contributed by atoms with Gasteiger partial charge in [0.15, 0.2) is 0 Å². The van der Waals surface area contributed by atoms with Gasteiger partial charge in [-0.1, -0.05) is 0 Å². The fourth-order valence-electron chi connectivity index (χ4n) is 3.48. The molecule has 1 fully saturated rings. The maximum atomic E-state index is 11.3. The van der Waals surface area contributed by atoms with E-state index in [9.17, 15) is 15.2 Å². The van der Waals surface area contributed by atoms with Crippen LogP contribution in [0.5, 0.6) is 0 Å². The lowest BCUT2D eigenvalue weighted by Gasteiger charge is -2.21. The van der Waals surface area contributed by atoms with Crippen molar-refractivity contribution >= 4 is 28.2 Å². The number of carboxylic acids is 1. The van der Waals surface area contributed by atoms with Crippen molar-refractivity contribution in [3.05, 3.63) is 40.0 Å². The van der Waals surface area contributed by atoms with E-state index in [1.54, 1.807) is 6.92 Å². The van der Waals surface area contributed by atoms with Crippen LogP contribution in [0.4, 0.5) is 0 Å². The number of carbonyl (C=O) groups is 1. The highest BCUT2D eigenvalue weighted by Gasteiger charge is 2.23. The molecule has 2 N–H and O–H groups in total. The van der Waals surface area contributed by atoms with E-state index in [1.165, 1.54) is 0 Å². The first-order valence-electron chi connectivity index (χ1n) is 8.43. The van der Waals surface area contributed by atoms with Crippen LogP contribution in [0.15, 0.2) is 18.2 Å². The van der Waals surface area contributed by atoms with E-state index in [0.29, 0.717) is 35.4 Å². The molecule has 132 valence electrons. The highest BCUT2D eigenvalue weighted by Crippen LogP contribution is 2.36. The predicted molar refractivity (Wildman–Crippen MR) is 98.6 cm³/mol. The number of thiazole rings is 1. The van der Waals surface area contributed by atoms with E-state index in [4.69, 9.17) is 4.74 Å². The van der Waals surface area contributed by atoms with Crippen LogP contribution >= 0.6 is 11.3 Å². The lowest BCUT2D eigenvalue weighted by molar-refractivity contribution is 0.0701. The zero-order valence-electron chi connectivity index (χ0n) is 14.2. The molecule has 3 aromatic rings. The maximum absolute atomic E-state index is 11.3. The summed E-state index contributed by atoms with van der Waals surface area (Å²) in [5.41, 5.74) is 3.89. The van der Waals surface area contributed by atoms with Crippen LogP contribution in [0.25, 0.3) is 21.5 Å². The minimum atomic E-state index is -0.964. The number of benzene rings is 1. The number of hydrogen-bond donors (Lipinski definition) is 2. The summed E-state index contributed by atoms with van der Waals surface area (Å²) in [4.78, 5) is 19.3. The maximum Gasteiger partial charge on any atom is 0.347 e. The van der Waals surface area contributed by atoms with Crippen molar-refractivity contribution < 1.29 is 14.6 Å². The quantitative estimate of drug-likeness (QED) is 0.727. The second-order valence-electron chi connectivity index (χ2n) is 6.41. The lowest BCUT2D eigenvalue weighted by Crippen LogP contribution is -2.15. The van der Waals surface area contributed by atoms with E-state index in [1.807, 2.05) is 18.2 Å². The minimum absolute atomic E-state index is 0.248. The largest absolute Gasteiger partial charge is 0.477 e. The molecule has 4 rings (SSSR count). The Morgan fingerprint density at radius 3 is 2.85 bits per heavy atom. The summed E-state index contributed by atoms with van der Waals surface area (Å²) in [6, 6.07) is 8.12. The minimum Gasteiger partial charge on any atom is -0.477 e. The topological polar surface area (TPSA) is 99.0 Å². The number of carboxylic acid groups (broad SMARTS) is 1. The first-order chi connectivity index (χ1) is 12.6. The Balaban J connectivity index is 1.81. The number of aromatic amines is 1. The average molecular weight is 367 g/mol. The molecule has 1 saturated heterocycles. The van der Waals surface area contributed by atoms with Crippen molar-refractivity contribution in [3.8, 4) is 16.6 Å². The first kappa shape index (κ1) is 16.8. The van der Waals surface area contributed by atoms with E-state index in [0.717, 1.165) is 46.3 Å². The van der Waals surface area contributed by atoms with Gasteiger partial charge in [-0.15, -0.1) is 11.3 Å². The number of aromatic nitrogens is 2. The third-order valence-corrected chi connectivity index (χ3v) is 6.00. The molecule has 3 heterocycles. The second kappa shape index (κ2) is 6.56. The monoisotopic (exact) mass is 367 g/mol. The molecule has 0 atom stereocenters. The number of H-pyrrole nitrogens is 1. The Morgan fingerprint density at radius 2 is 2.19 bits per heavy atom. The number of aryl methyl sites for hydroxylation is 1. The van der Waals surface area contributed by atoms with Crippen LogP contribution in [-0.4, -0.2) is 34.3 Å². The Kier molecular flexibility index (Phi) is 4.23. The fraction of sp³-hybridized carbons (Fsp3) is 0.316. The highest BCUT2D eigenvalue weighted by molar-refractivity contribution is 7.17. The summed E-state index contributed by atoms with van der Waals surface area (Å²) in [5, 5.41) is 20.5. The third-order valence-electron chi connectivity index (χ3n) is 4.81. The Labute approximate surface area is 154 Å². The van der Waals surface area contributed by atoms with Gasteiger partial charge in [-0.25, -0.2) is 9.78 Å². The van der Waals surface area contributed by atoms with Gasteiger partial charge in [-0.2, -0.15) is 5.26 Å². The van der Waals surface area contributed by atoms with Crippen molar-refractivity contribution in [1.82, 2.24) is 9.97 Å². The summed E-state index contributed by atoms with van der Waals surface area (Å²) >= 11 is 1.16. The van der Waals surface area contributed by atoms with Gasteiger partial charge in [-0.3, -0.25) is 0 Å². The SMILES string of the molecule is Cc1nc(-c2ccc3[nH]c(C4CCOCC4)c(C#N)c3c2)sc1C(=O)O. The first-order valence-corrected chi connectivity index (χ1v) is 9.24. The van der Waals surface area contributed by atoms with Crippen LogP contribution in [-0.2, 0) is 4.74 Å². The number of fused-ring (bicyclic) bond motifs is 1. The molecule has 7 heteroatoms. The molecule has 0 aliphatic carbocycles. The standard InChI is InChI=1S/C19H17N3O3S/c1-10-17(19(23)24)26-18(21-10)12-2-3-15-13(8-12)14(9-20)16(22-15)11-4-6-25-7-5-11/h2-3,8,11,22H,4-7H2,1H3,(H,23,24). The summed E-state index contributed by atoms with van der Waals surface area (Å²) in [7, 11) is 0. The molecule has 0 radical (unpaired) electrons. The van der Waals surface area contributed by atoms with Crippen molar-refractivity contribution in [2.24, 2.45) is 0 Å². The zero-order chi connectivity index (χ0) is 18.3. The van der Waals surface area contributed by atoms with Crippen LogP contribution in [0.2, 0.25) is 0 Å². The zero-order valence-corrected chi connectivity index (χ0v) is 15.0. The van der Waals surface area contributed by atoms with E-state index >= 15 is 0 Å². The van der Waals surface area contributed by atoms with Crippen LogP contribution < -0.4 is 0 Å². The molecule has 26 heavy (non-hydrogen) atoms. The van der Waals surface area contributed by atoms with Crippen molar-refractivity contribution in [2.45, 2.75) is 25.7 Å². The molecule has 0 spiro atoms. The van der Waals surface area contributed by atoms with Gasteiger partial charge in [0.1, 0.15) is 16.0 Å². The molecule has 6 nitrogen and oxygen atoms in total. The summed E-state index contributed by atoms with van der Waals surface area (Å²) in [6.45, 7) is 3.13. The van der Waals surface area contributed by atoms with E-state index in [2.05, 4.69) is 16.0 Å². The molecular formula is C19H17N3O3S. The van der Waals surface area contributed by atoms with Gasteiger partial charge in [0.05, 0.1) is 11.3 Å². The third kappa shape index (κ3) is 2.77. The van der Waals surface area contributed by atoms with Gasteiger partial charge >= 0.3 is 5.97 Å². The normalized spacial score (nSPS) is 15.2. The molecule has 0 amide bonds. The molecule has 0 saturated carbocycles. The summed E-state index contributed by atoms with van der Waals surface area (Å²) in [6.07, 6.45) is 1.81. The van der Waals surface area contributed by atoms with Crippen LogP contribution in [0.3, 0.4) is 0 Å². The average Bonchev–Trinajstić information content (AvgIpc) is 3.22. The Bertz CT molecular complexity index is 1040. The number of nitriles is 1. The number of hydrogen-bond acceptors (Lipinski definition) is 5. The van der Waals surface area contributed by atoms with E-state index < -0.39 is 5.97 Å². The molecule has 0 bridgehead atoms. The van der Waals surface area contributed by atoms with Crippen LogP contribution in [0.1, 0.15) is 45.4 Å². The highest BCUT2D eigenvalue weighted by atomic mass is 32.1. The Morgan fingerprint density at radius 1 is 1.42 bits per heavy atom. The molecule has 1 aromatic carbocycles. The predicted octanol–water partition coefficient (Wildman–Crippen LogP) is 4.06. The van der Waals surface area contributed by atoms with Crippen molar-refractivity contribution in [1.29, 1.82) is 5.26 Å². The van der Waals surface area contributed by atoms with Gasteiger partial charge in [0.2, 0.25) is 0 Å². The number of rotatable bonds is 3. The number of nitrogens with one attached hydrogen (secondary N) is 1. The smallest absolute Gasteiger partial charge is 0.347 e. The molecule has 0 unspecified atom stereocenters. The van der Waals surface area contributed by atoms with E-state index in [-0.39, 0.29) is 4.88 Å². The fourth-order valence-corrected chi connectivity index (χ4v) is 4.38. The van der Waals surface area contributed by atoms with Gasteiger partial charge in [-0.05, 0) is 38.0 Å². The number of aromatic carboxylic acids is 1. The van der Waals surface area contributed by atoms with Gasteiger partial charge in [0.25, 0.3) is 0 Å². The molecule has 1 aliphatic heterocycles. The van der Waals surface area contributed by atoms with Crippen LogP contribution in [0, 0.1) is 18.3 Å². The second-order valence-corrected chi connectivity index (χ2v) is 7.41. The Hall–Kier alpha value is -2.69. The molecule has 2 aromatic heterocycles. The van der Waals surface area contributed by atoms with Crippen molar-refractivity contribution in [2.75, 3.05) is 13.2 Å². The van der Waals surface area contributed by atoms with Gasteiger partial charge < -0.3 is 14.8 Å².